The molecule has 3 radical (unpaired) electrons. The number of hydrogen-bond donors (Lipinski definition) is 9. The lowest BCUT2D eigenvalue weighted by atomic mass is 10.0. The van der Waals surface area contributed by atoms with Crippen molar-refractivity contribution in [3.8, 4) is 0 Å². The van der Waals surface area contributed by atoms with Gasteiger partial charge in [-0.15, -0.1) is 0 Å². The van der Waals surface area contributed by atoms with Crippen molar-refractivity contribution >= 4 is 95.0 Å². The van der Waals surface area contributed by atoms with E-state index in [9.17, 15) is 52.7 Å². The molecule has 0 aliphatic carbocycles. The summed E-state index contributed by atoms with van der Waals surface area (Å²) in [5.41, 5.74) is 0.857. The lowest BCUT2D eigenvalue weighted by Gasteiger charge is -2.24. The first-order chi connectivity index (χ1) is 34.1. The van der Waals surface area contributed by atoms with Gasteiger partial charge in [-0.2, -0.15) is 0 Å². The summed E-state index contributed by atoms with van der Waals surface area (Å²) in [4.78, 5) is 143. The second kappa shape index (κ2) is 33.6. The van der Waals surface area contributed by atoms with Gasteiger partial charge in [0.05, 0.1) is 26.2 Å². The van der Waals surface area contributed by atoms with E-state index in [1.54, 1.807) is 88.1 Å². The Bertz CT molecular complexity index is 2160. The average Bonchev–Trinajstić information content (AvgIpc) is 3.33. The summed E-state index contributed by atoms with van der Waals surface area (Å²) < 4.78 is 0. The van der Waals surface area contributed by atoms with E-state index in [1.807, 2.05) is 27.7 Å². The summed E-state index contributed by atoms with van der Waals surface area (Å²) in [7, 11) is 4.17. The van der Waals surface area contributed by atoms with Gasteiger partial charge in [0.1, 0.15) is 44.8 Å². The Morgan fingerprint density at radius 1 is 0.528 bits per heavy atom. The third-order valence-electron chi connectivity index (χ3n) is 10.6. The summed E-state index contributed by atoms with van der Waals surface area (Å²) in [6.07, 6.45) is -0.0960. The molecule has 0 fully saturated rings. The van der Waals surface area contributed by atoms with Gasteiger partial charge in [0.25, 0.3) is 0 Å². The predicted molar refractivity (Wildman–Crippen MR) is 279 cm³/mol. The molecule has 7 atom stereocenters. The van der Waals surface area contributed by atoms with Crippen molar-refractivity contribution in [2.45, 2.75) is 117 Å². The van der Waals surface area contributed by atoms with Crippen molar-refractivity contribution in [1.82, 2.24) is 47.9 Å². The zero-order chi connectivity index (χ0) is 53.8. The topological polar surface area (TPSA) is 296 Å². The molecule has 0 saturated carbocycles. The van der Waals surface area contributed by atoms with Gasteiger partial charge in [0.2, 0.25) is 53.2 Å². The van der Waals surface area contributed by atoms with Crippen LogP contribution < -0.4 is 47.9 Å². The Morgan fingerprint density at radius 2 is 0.944 bits per heavy atom. The lowest BCUT2D eigenvalue weighted by molar-refractivity contribution is -0.133. The molecular weight excluding hydrogens is 962 g/mol. The van der Waals surface area contributed by atoms with Gasteiger partial charge in [0.15, 0.2) is 11.0 Å². The zero-order valence-corrected chi connectivity index (χ0v) is 44.1. The van der Waals surface area contributed by atoms with Crippen LogP contribution in [0, 0.1) is 11.8 Å². The van der Waals surface area contributed by atoms with Crippen LogP contribution >= 0.6 is 16.3 Å². The van der Waals surface area contributed by atoms with Gasteiger partial charge >= 0.3 is 0 Å². The lowest BCUT2D eigenvalue weighted by Crippen LogP contribution is -2.56. The normalized spacial score (nSPS) is 13.5. The third kappa shape index (κ3) is 25.4. The fourth-order valence-electron chi connectivity index (χ4n) is 6.87. The number of benzene rings is 2. The van der Waals surface area contributed by atoms with Crippen molar-refractivity contribution < 1.29 is 52.7 Å². The summed E-state index contributed by atoms with van der Waals surface area (Å²) in [5, 5.41) is 23.2. The highest BCUT2D eigenvalue weighted by molar-refractivity contribution is 7.94. The Balaban J connectivity index is 2.12. The Hall–Kier alpha value is -6.00. The molecule has 2 aromatic rings. The zero-order valence-electron chi connectivity index (χ0n) is 42.2. The minimum absolute atomic E-state index is 0.00869. The molecule has 0 aliphatic heterocycles. The van der Waals surface area contributed by atoms with E-state index in [1.165, 1.54) is 0 Å². The van der Waals surface area contributed by atoms with Crippen LogP contribution in [0.2, 0.25) is 6.82 Å². The number of hydrogen-bond acceptors (Lipinski definition) is 11. The molecule has 0 aliphatic rings. The maximum absolute atomic E-state index is 13.8. The molecule has 0 bridgehead atoms. The minimum atomic E-state index is -1.43. The van der Waals surface area contributed by atoms with E-state index in [2.05, 4.69) is 47.9 Å². The molecule has 2 rings (SSSR count). The van der Waals surface area contributed by atoms with E-state index in [0.29, 0.717) is 11.1 Å². The first-order valence-electron chi connectivity index (χ1n) is 23.9. The predicted octanol–water partition coefficient (Wildman–Crippen LogP) is 0.237. The van der Waals surface area contributed by atoms with E-state index in [4.69, 9.17) is 7.57 Å². The standard InChI is InChI=1S/C48H70B2N9O11P2/c1-8-38(60)55-33(44(66)52-26-41(63)57-37(24-32-17-13-10-14-18-32)48(70)58-34(21-29(2)3)45(67)53-27-42(64)71-50-6)19-20-39(61)51-25-40(62)56-36(23-31-15-11-9-12-16-31)47(69)59-35(22-30(4)5)46(68)54-28-43(65)72(7)49/h9-18,29-30,33-37,71H,8,19-28H2,1-7H3,(H,51,61)(H,52,66)(H,53,67)(H,54,68)(H,55,60)(H,56,62)(H,57,63)(H,58,70)(H,59,69). The number of amides is 9. The van der Waals surface area contributed by atoms with Crippen molar-refractivity contribution in [2.75, 3.05) is 32.8 Å². The van der Waals surface area contributed by atoms with E-state index in [-0.39, 0.29) is 89.4 Å². The van der Waals surface area contributed by atoms with E-state index >= 15 is 0 Å². The molecule has 9 amide bonds. The second-order valence-electron chi connectivity index (χ2n) is 17.8. The SMILES string of the molecule is [B]P(C)C(=O)CNC(=O)C(CC(C)C)NC(=O)C(Cc1ccccc1)NC(=O)CNC(=O)CCC(NC(=O)CC)C(=O)NCC(=O)NC(Cc1ccccc1)C(=O)NC(CC(C)C)C(=O)NCC(=O)P[B]C. The monoisotopic (exact) mass is 1030 g/mol. The first kappa shape index (κ1) is 62.1. The van der Waals surface area contributed by atoms with Crippen LogP contribution in [0.4, 0.5) is 0 Å². The minimum Gasteiger partial charge on any atom is -0.347 e. The maximum atomic E-state index is 13.8. The molecule has 0 aromatic heterocycles. The average molecular weight is 1030 g/mol. The third-order valence-corrected chi connectivity index (χ3v) is 12.3. The highest BCUT2D eigenvalue weighted by Crippen LogP contribution is 2.23. The van der Waals surface area contributed by atoms with Gasteiger partial charge in [-0.05, 0) is 48.9 Å². The summed E-state index contributed by atoms with van der Waals surface area (Å²) >= 11 is 0. The second-order valence-corrected chi connectivity index (χ2v) is 20.9. The van der Waals surface area contributed by atoms with Crippen LogP contribution in [0.1, 0.15) is 77.8 Å². The van der Waals surface area contributed by atoms with Crippen molar-refractivity contribution in [1.29, 1.82) is 0 Å². The molecule has 2 aromatic carbocycles. The Labute approximate surface area is 427 Å². The highest BCUT2D eigenvalue weighted by atomic mass is 31.1. The summed E-state index contributed by atoms with van der Waals surface area (Å²) in [6.45, 7) is 12.2. The molecule has 24 heteroatoms. The molecule has 0 saturated heterocycles. The Morgan fingerprint density at radius 3 is 1.38 bits per heavy atom. The van der Waals surface area contributed by atoms with Crippen LogP contribution in [-0.2, 0) is 65.6 Å². The summed E-state index contributed by atoms with van der Waals surface area (Å²) in [6, 6.07) is 11.8. The molecule has 72 heavy (non-hydrogen) atoms. The number of nitrogens with one attached hydrogen (secondary N) is 9. The molecular formula is C48H70B2N9O11P2. The number of carbonyl (C=O) groups is 11. The number of carbonyl (C=O) groups excluding carboxylic acids is 11. The van der Waals surface area contributed by atoms with E-state index in [0.717, 1.165) is 0 Å². The van der Waals surface area contributed by atoms with Crippen molar-refractivity contribution in [2.24, 2.45) is 11.8 Å². The largest absolute Gasteiger partial charge is 0.347 e. The fourth-order valence-corrected chi connectivity index (χ4v) is 7.71. The van der Waals surface area contributed by atoms with E-state index < -0.39 is 104 Å². The van der Waals surface area contributed by atoms with Crippen LogP contribution in [0.5, 0.6) is 0 Å². The summed E-state index contributed by atoms with van der Waals surface area (Å²) in [5.74, 6) is -6.12. The molecule has 20 nitrogen and oxygen atoms in total. The van der Waals surface area contributed by atoms with Crippen LogP contribution in [0.15, 0.2) is 60.7 Å². The van der Waals surface area contributed by atoms with Crippen LogP contribution in [-0.4, -0.2) is 142 Å². The highest BCUT2D eigenvalue weighted by Gasteiger charge is 2.31. The first-order valence-corrected chi connectivity index (χ1v) is 26.8. The van der Waals surface area contributed by atoms with Crippen LogP contribution in [0.25, 0.3) is 0 Å². The van der Waals surface area contributed by atoms with Crippen molar-refractivity contribution in [3.63, 3.8) is 0 Å². The molecule has 0 spiro atoms. The quantitative estimate of drug-likeness (QED) is 0.0345. The Kier molecular flexibility index (Phi) is 29.0. The smallest absolute Gasteiger partial charge is 0.243 e. The molecule has 389 valence electrons. The fraction of sp³-hybridized carbons (Fsp3) is 0.521. The molecule has 0 heterocycles. The van der Waals surface area contributed by atoms with Gasteiger partial charge < -0.3 is 47.9 Å². The van der Waals surface area contributed by atoms with Crippen LogP contribution in [0.3, 0.4) is 0 Å². The van der Waals surface area contributed by atoms with Crippen molar-refractivity contribution in [3.05, 3.63) is 71.8 Å². The van der Waals surface area contributed by atoms with Gasteiger partial charge in [0, 0.05) is 25.7 Å². The maximum Gasteiger partial charge on any atom is 0.243 e. The van der Waals surface area contributed by atoms with Gasteiger partial charge in [-0.3, -0.25) is 52.7 Å². The molecule has 9 N–H and O–H groups in total. The van der Waals surface area contributed by atoms with Gasteiger partial charge in [-0.25, -0.2) is 0 Å². The number of rotatable bonds is 33. The molecule has 7 unspecified atom stereocenters. The van der Waals surface area contributed by atoms with Gasteiger partial charge in [-0.1, -0.05) is 118 Å².